The molecular formula is C10H19NO. The van der Waals surface area contributed by atoms with E-state index in [0.717, 1.165) is 25.7 Å². The van der Waals surface area contributed by atoms with Crippen molar-refractivity contribution in [2.45, 2.75) is 45.1 Å². The monoisotopic (exact) mass is 169 g/mol. The van der Waals surface area contributed by atoms with E-state index in [1.807, 2.05) is 0 Å². The molecule has 0 spiro atoms. The minimum Gasteiger partial charge on any atom is -0.303 e. The fourth-order valence-electron chi connectivity index (χ4n) is 2.06. The Labute approximate surface area is 74.9 Å². The molecule has 1 aliphatic rings. The molecule has 12 heavy (non-hydrogen) atoms. The highest BCUT2D eigenvalue weighted by molar-refractivity contribution is 5.49. The molecule has 2 heteroatoms. The normalized spacial score (nSPS) is 25.6. The van der Waals surface area contributed by atoms with Gasteiger partial charge in [-0.15, -0.1) is 0 Å². The van der Waals surface area contributed by atoms with Gasteiger partial charge in [0.1, 0.15) is 6.29 Å². The molecule has 0 aromatic heterocycles. The van der Waals surface area contributed by atoms with Gasteiger partial charge >= 0.3 is 0 Å². The minimum absolute atomic E-state index is 0.689. The van der Waals surface area contributed by atoms with Gasteiger partial charge in [-0.2, -0.15) is 0 Å². The first-order chi connectivity index (χ1) is 5.88. The van der Waals surface area contributed by atoms with Crippen LogP contribution < -0.4 is 0 Å². The molecule has 2 nitrogen and oxygen atoms in total. The average molecular weight is 169 g/mol. The van der Waals surface area contributed by atoms with Gasteiger partial charge in [0, 0.05) is 12.5 Å². The zero-order valence-corrected chi connectivity index (χ0v) is 7.96. The second-order valence-corrected chi connectivity index (χ2v) is 3.52. The smallest absolute Gasteiger partial charge is 0.120 e. The zero-order chi connectivity index (χ0) is 8.81. The van der Waals surface area contributed by atoms with Crippen LogP contribution in [0.3, 0.4) is 0 Å². The van der Waals surface area contributed by atoms with E-state index in [2.05, 4.69) is 11.8 Å². The van der Waals surface area contributed by atoms with Gasteiger partial charge in [0.25, 0.3) is 0 Å². The molecule has 0 bridgehead atoms. The van der Waals surface area contributed by atoms with E-state index < -0.39 is 0 Å². The lowest BCUT2D eigenvalue weighted by Crippen LogP contribution is -2.39. The first-order valence-corrected chi connectivity index (χ1v) is 5.06. The lowest BCUT2D eigenvalue weighted by Gasteiger charge is -2.34. The third-order valence-corrected chi connectivity index (χ3v) is 2.77. The first kappa shape index (κ1) is 9.72. The van der Waals surface area contributed by atoms with Crippen molar-refractivity contribution in [1.29, 1.82) is 0 Å². The second-order valence-electron chi connectivity index (χ2n) is 3.52. The fourth-order valence-corrected chi connectivity index (χ4v) is 2.06. The molecule has 1 fully saturated rings. The third-order valence-electron chi connectivity index (χ3n) is 2.77. The SMILES string of the molecule is CCN1CCCCC1CCC=O. The lowest BCUT2D eigenvalue weighted by atomic mass is 9.98. The number of carbonyl (C=O) groups excluding carboxylic acids is 1. The molecule has 1 saturated heterocycles. The Bertz CT molecular complexity index is 136. The molecule has 0 aromatic rings. The highest BCUT2D eigenvalue weighted by atomic mass is 16.1. The quantitative estimate of drug-likeness (QED) is 0.598. The van der Waals surface area contributed by atoms with Gasteiger partial charge in [-0.3, -0.25) is 0 Å². The van der Waals surface area contributed by atoms with E-state index in [-0.39, 0.29) is 0 Å². The summed E-state index contributed by atoms with van der Waals surface area (Å²) in [4.78, 5) is 12.7. The summed E-state index contributed by atoms with van der Waals surface area (Å²) in [6.07, 6.45) is 6.83. The van der Waals surface area contributed by atoms with Crippen molar-refractivity contribution in [1.82, 2.24) is 4.90 Å². The van der Waals surface area contributed by atoms with Crippen LogP contribution in [0.5, 0.6) is 0 Å². The number of hydrogen-bond acceptors (Lipinski definition) is 2. The van der Waals surface area contributed by atoms with Crippen molar-refractivity contribution in [3.8, 4) is 0 Å². The number of likely N-dealkylation sites (tertiary alicyclic amines) is 1. The molecule has 0 amide bonds. The first-order valence-electron chi connectivity index (χ1n) is 5.06. The lowest BCUT2D eigenvalue weighted by molar-refractivity contribution is -0.108. The van der Waals surface area contributed by atoms with Crippen LogP contribution in [0.1, 0.15) is 39.0 Å². The molecule has 1 atom stereocenters. The van der Waals surface area contributed by atoms with Crippen LogP contribution in [0.15, 0.2) is 0 Å². The summed E-state index contributed by atoms with van der Waals surface area (Å²) in [7, 11) is 0. The van der Waals surface area contributed by atoms with Crippen LogP contribution in [0.4, 0.5) is 0 Å². The van der Waals surface area contributed by atoms with Gasteiger partial charge in [-0.25, -0.2) is 0 Å². The van der Waals surface area contributed by atoms with Crippen LogP contribution in [0.2, 0.25) is 0 Å². The van der Waals surface area contributed by atoms with Crippen LogP contribution in [-0.4, -0.2) is 30.3 Å². The van der Waals surface area contributed by atoms with Crippen molar-refractivity contribution in [3.05, 3.63) is 0 Å². The number of hydrogen-bond donors (Lipinski definition) is 0. The minimum atomic E-state index is 0.689. The molecule has 0 aromatic carbocycles. The average Bonchev–Trinajstić information content (AvgIpc) is 2.15. The summed E-state index contributed by atoms with van der Waals surface area (Å²) in [5.74, 6) is 0. The van der Waals surface area contributed by atoms with Gasteiger partial charge in [-0.1, -0.05) is 13.3 Å². The van der Waals surface area contributed by atoms with Crippen molar-refractivity contribution >= 4 is 6.29 Å². The Morgan fingerprint density at radius 2 is 2.33 bits per heavy atom. The molecular weight excluding hydrogens is 150 g/mol. The second kappa shape index (κ2) is 5.31. The molecule has 0 aliphatic carbocycles. The number of piperidine rings is 1. The Morgan fingerprint density at radius 1 is 1.50 bits per heavy atom. The van der Waals surface area contributed by atoms with Gasteiger partial charge in [-0.05, 0) is 32.4 Å². The highest BCUT2D eigenvalue weighted by Gasteiger charge is 2.19. The van der Waals surface area contributed by atoms with Crippen LogP contribution in [-0.2, 0) is 4.79 Å². The van der Waals surface area contributed by atoms with E-state index in [1.165, 1.54) is 25.8 Å². The molecule has 1 unspecified atom stereocenters. The van der Waals surface area contributed by atoms with Crippen molar-refractivity contribution in [3.63, 3.8) is 0 Å². The maximum atomic E-state index is 10.2. The molecule has 0 radical (unpaired) electrons. The van der Waals surface area contributed by atoms with Crippen LogP contribution >= 0.6 is 0 Å². The Kier molecular flexibility index (Phi) is 4.30. The number of nitrogens with zero attached hydrogens (tertiary/aromatic N) is 1. The number of carbonyl (C=O) groups is 1. The summed E-state index contributed by atoms with van der Waals surface area (Å²) in [6, 6.07) is 0.689. The molecule has 0 N–H and O–H groups in total. The molecule has 1 heterocycles. The van der Waals surface area contributed by atoms with Crippen LogP contribution in [0.25, 0.3) is 0 Å². The van der Waals surface area contributed by atoms with E-state index in [4.69, 9.17) is 0 Å². The number of aldehydes is 1. The Morgan fingerprint density at radius 3 is 3.00 bits per heavy atom. The molecule has 0 saturated carbocycles. The van der Waals surface area contributed by atoms with Crippen molar-refractivity contribution < 1.29 is 4.79 Å². The molecule has 70 valence electrons. The van der Waals surface area contributed by atoms with Gasteiger partial charge < -0.3 is 9.69 Å². The van der Waals surface area contributed by atoms with E-state index in [9.17, 15) is 4.79 Å². The van der Waals surface area contributed by atoms with Crippen molar-refractivity contribution in [2.24, 2.45) is 0 Å². The standard InChI is InChI=1S/C10H19NO/c1-2-11-8-4-3-6-10(11)7-5-9-12/h9-10H,2-8H2,1H3. The highest BCUT2D eigenvalue weighted by Crippen LogP contribution is 2.19. The molecule has 1 aliphatic heterocycles. The topological polar surface area (TPSA) is 20.3 Å². The van der Waals surface area contributed by atoms with E-state index >= 15 is 0 Å². The van der Waals surface area contributed by atoms with Crippen molar-refractivity contribution in [2.75, 3.05) is 13.1 Å². The summed E-state index contributed by atoms with van der Waals surface area (Å²) < 4.78 is 0. The van der Waals surface area contributed by atoms with Crippen LogP contribution in [0, 0.1) is 0 Å². The van der Waals surface area contributed by atoms with Gasteiger partial charge in [0.2, 0.25) is 0 Å². The maximum absolute atomic E-state index is 10.2. The predicted molar refractivity (Wildman–Crippen MR) is 50.2 cm³/mol. The fraction of sp³-hybridized carbons (Fsp3) is 0.900. The third kappa shape index (κ3) is 2.59. The predicted octanol–water partition coefficient (Wildman–Crippen LogP) is 1.84. The van der Waals surface area contributed by atoms with E-state index in [0.29, 0.717) is 6.04 Å². The number of rotatable bonds is 4. The van der Waals surface area contributed by atoms with E-state index in [1.54, 1.807) is 0 Å². The largest absolute Gasteiger partial charge is 0.303 e. The molecule has 1 rings (SSSR count). The maximum Gasteiger partial charge on any atom is 0.120 e. The summed E-state index contributed by atoms with van der Waals surface area (Å²) >= 11 is 0. The summed E-state index contributed by atoms with van der Waals surface area (Å²) in [5, 5.41) is 0. The zero-order valence-electron chi connectivity index (χ0n) is 7.96. The Balaban J connectivity index is 2.30. The van der Waals surface area contributed by atoms with Gasteiger partial charge in [0.05, 0.1) is 0 Å². The summed E-state index contributed by atoms with van der Waals surface area (Å²) in [5.41, 5.74) is 0. The Hall–Kier alpha value is -0.370. The summed E-state index contributed by atoms with van der Waals surface area (Å²) in [6.45, 7) is 4.59. The van der Waals surface area contributed by atoms with Gasteiger partial charge in [0.15, 0.2) is 0 Å².